The third-order valence-electron chi connectivity index (χ3n) is 3.82. The highest BCUT2D eigenvalue weighted by Crippen LogP contribution is 2.25. The largest absolute Gasteiger partial charge is 0.482 e. The van der Waals surface area contributed by atoms with Crippen molar-refractivity contribution in [3.8, 4) is 22.6 Å². The fraction of sp³-hybridized carbons (Fsp3) is 0.0526. The minimum Gasteiger partial charge on any atom is -0.482 e. The summed E-state index contributed by atoms with van der Waals surface area (Å²) in [6, 6.07) is 14.3. The average Bonchev–Trinajstić information content (AvgIpc) is 3.11. The van der Waals surface area contributed by atoms with Crippen LogP contribution in [0.4, 0.5) is 5.69 Å². The van der Waals surface area contributed by atoms with Crippen molar-refractivity contribution in [3.05, 3.63) is 60.4 Å². The first-order chi connectivity index (χ1) is 13.5. The zero-order valence-electron chi connectivity index (χ0n) is 14.5. The lowest BCUT2D eigenvalue weighted by Gasteiger charge is -2.07. The maximum absolute atomic E-state index is 11.4. The number of aliphatic carboxylic acids is 1. The number of nitrogens with zero attached hydrogens (tertiary/aromatic N) is 2. The van der Waals surface area contributed by atoms with Gasteiger partial charge in [0, 0.05) is 0 Å². The molecule has 0 unspecified atom stereocenters. The molecule has 0 fully saturated rings. The molecular weight excluding hydrogens is 364 g/mol. The lowest BCUT2D eigenvalue weighted by atomic mass is 10.1. The molecule has 1 aromatic heterocycles. The quantitative estimate of drug-likeness (QED) is 0.509. The lowest BCUT2D eigenvalue weighted by Crippen LogP contribution is -2.14. The van der Waals surface area contributed by atoms with E-state index < -0.39 is 18.5 Å². The molecular formula is C19H16N4O5. The highest BCUT2D eigenvalue weighted by Gasteiger charge is 2.14. The van der Waals surface area contributed by atoms with E-state index in [1.807, 2.05) is 18.2 Å². The molecule has 0 bridgehead atoms. The number of nitrogens with two attached hydrogens (primary N) is 1. The van der Waals surface area contributed by atoms with Crippen LogP contribution in [0.3, 0.4) is 0 Å². The molecule has 0 spiro atoms. The number of hydrogen-bond donors (Lipinski definition) is 3. The number of rotatable bonds is 8. The number of nitrogens with one attached hydrogen (secondary N) is 1. The van der Waals surface area contributed by atoms with Crippen molar-refractivity contribution in [2.24, 2.45) is 5.73 Å². The van der Waals surface area contributed by atoms with Crippen molar-refractivity contribution in [2.75, 3.05) is 11.9 Å². The van der Waals surface area contributed by atoms with E-state index in [1.54, 1.807) is 30.3 Å². The van der Waals surface area contributed by atoms with Crippen molar-refractivity contribution >= 4 is 24.0 Å². The molecule has 1 heterocycles. The van der Waals surface area contributed by atoms with Crippen LogP contribution in [0.1, 0.15) is 10.5 Å². The zero-order valence-corrected chi connectivity index (χ0v) is 14.5. The number of ether oxygens (including phenoxy) is 1. The fourth-order valence-electron chi connectivity index (χ4n) is 2.57. The first kappa shape index (κ1) is 18.6. The average molecular weight is 380 g/mol. The summed E-state index contributed by atoms with van der Waals surface area (Å²) in [5, 5.41) is 15.2. The molecule has 2 aromatic carbocycles. The molecule has 3 rings (SSSR count). The predicted molar refractivity (Wildman–Crippen MR) is 100 cm³/mol. The van der Waals surface area contributed by atoms with Crippen LogP contribution in [0.5, 0.6) is 5.75 Å². The maximum Gasteiger partial charge on any atom is 0.341 e. The standard InChI is InChI=1S/C19H16N4O5/c20-19(27)18-16(21-11-24)9-23(22-18)14-6-4-12(5-7-14)13-2-1-3-15(8-13)28-10-17(25)26/h1-9,11H,10H2,(H2,20,27)(H,21,24)(H,25,26). The minimum absolute atomic E-state index is 0.0422. The molecule has 9 heteroatoms. The third kappa shape index (κ3) is 4.15. The monoisotopic (exact) mass is 380 g/mol. The smallest absolute Gasteiger partial charge is 0.341 e. The molecule has 0 radical (unpaired) electrons. The molecule has 4 N–H and O–H groups in total. The van der Waals surface area contributed by atoms with Crippen LogP contribution < -0.4 is 15.8 Å². The van der Waals surface area contributed by atoms with E-state index in [4.69, 9.17) is 15.6 Å². The van der Waals surface area contributed by atoms with E-state index in [0.29, 0.717) is 17.8 Å². The second-order valence-electron chi connectivity index (χ2n) is 5.72. The van der Waals surface area contributed by atoms with Gasteiger partial charge in [0.05, 0.1) is 17.6 Å². The Morgan fingerprint density at radius 1 is 1.18 bits per heavy atom. The predicted octanol–water partition coefficient (Wildman–Crippen LogP) is 1.67. The molecule has 142 valence electrons. The zero-order chi connectivity index (χ0) is 20.1. The Labute approximate surface area is 159 Å². The minimum atomic E-state index is -1.05. The Morgan fingerprint density at radius 2 is 1.93 bits per heavy atom. The molecule has 0 aliphatic carbocycles. The van der Waals surface area contributed by atoms with E-state index in [2.05, 4.69) is 10.4 Å². The van der Waals surface area contributed by atoms with Gasteiger partial charge in [-0.25, -0.2) is 9.48 Å². The second-order valence-corrected chi connectivity index (χ2v) is 5.72. The summed E-state index contributed by atoms with van der Waals surface area (Å²) >= 11 is 0. The van der Waals surface area contributed by atoms with Gasteiger partial charge in [0.15, 0.2) is 12.3 Å². The molecule has 0 saturated heterocycles. The Kier molecular flexibility index (Phi) is 5.35. The van der Waals surface area contributed by atoms with Crippen molar-refractivity contribution in [1.29, 1.82) is 0 Å². The number of carboxylic acids is 1. The van der Waals surface area contributed by atoms with Gasteiger partial charge in [-0.05, 0) is 35.4 Å². The molecule has 0 aliphatic heterocycles. The number of anilines is 1. The van der Waals surface area contributed by atoms with Gasteiger partial charge in [-0.2, -0.15) is 5.10 Å². The highest BCUT2D eigenvalue weighted by molar-refractivity contribution is 5.98. The number of carbonyl (C=O) groups excluding carboxylic acids is 2. The van der Waals surface area contributed by atoms with Crippen molar-refractivity contribution in [2.45, 2.75) is 0 Å². The molecule has 2 amide bonds. The van der Waals surface area contributed by atoms with E-state index in [-0.39, 0.29) is 11.4 Å². The topological polar surface area (TPSA) is 137 Å². The molecule has 0 atom stereocenters. The maximum atomic E-state index is 11.4. The van der Waals surface area contributed by atoms with Crippen molar-refractivity contribution in [1.82, 2.24) is 9.78 Å². The first-order valence-corrected chi connectivity index (χ1v) is 8.13. The van der Waals surface area contributed by atoms with Crippen LogP contribution in [0, 0.1) is 0 Å². The van der Waals surface area contributed by atoms with Gasteiger partial charge in [0.2, 0.25) is 6.41 Å². The number of aromatic nitrogens is 2. The van der Waals surface area contributed by atoms with Crippen LogP contribution in [-0.2, 0) is 9.59 Å². The molecule has 0 saturated carbocycles. The fourth-order valence-corrected chi connectivity index (χ4v) is 2.57. The van der Waals surface area contributed by atoms with Gasteiger partial charge in [0.25, 0.3) is 5.91 Å². The Morgan fingerprint density at radius 3 is 2.57 bits per heavy atom. The summed E-state index contributed by atoms with van der Waals surface area (Å²) in [5.74, 6) is -1.35. The van der Waals surface area contributed by atoms with Crippen molar-refractivity contribution in [3.63, 3.8) is 0 Å². The van der Waals surface area contributed by atoms with Gasteiger partial charge in [0.1, 0.15) is 5.75 Å². The molecule has 28 heavy (non-hydrogen) atoms. The number of amides is 2. The molecule has 9 nitrogen and oxygen atoms in total. The van der Waals surface area contributed by atoms with Crippen LogP contribution in [0.2, 0.25) is 0 Å². The molecule has 0 aliphatic rings. The first-order valence-electron chi connectivity index (χ1n) is 8.13. The summed E-state index contributed by atoms with van der Waals surface area (Å²) in [6.07, 6.45) is 1.93. The number of primary amides is 1. The van der Waals surface area contributed by atoms with Crippen molar-refractivity contribution < 1.29 is 24.2 Å². The van der Waals surface area contributed by atoms with Gasteiger partial charge >= 0.3 is 5.97 Å². The number of benzene rings is 2. The van der Waals surface area contributed by atoms with Gasteiger partial charge in [-0.15, -0.1) is 0 Å². The third-order valence-corrected chi connectivity index (χ3v) is 3.82. The summed E-state index contributed by atoms with van der Waals surface area (Å²) in [4.78, 5) is 32.7. The Hall–Kier alpha value is -4.14. The summed E-state index contributed by atoms with van der Waals surface area (Å²) in [7, 11) is 0. The van der Waals surface area contributed by atoms with Crippen LogP contribution in [0.15, 0.2) is 54.7 Å². The molecule has 3 aromatic rings. The van der Waals surface area contributed by atoms with E-state index >= 15 is 0 Å². The normalized spacial score (nSPS) is 10.3. The van der Waals surface area contributed by atoms with E-state index in [0.717, 1.165) is 11.1 Å². The lowest BCUT2D eigenvalue weighted by molar-refractivity contribution is -0.139. The number of carboxylic acid groups (broad SMARTS) is 1. The van der Waals surface area contributed by atoms with Crippen LogP contribution >= 0.6 is 0 Å². The summed E-state index contributed by atoms with van der Waals surface area (Å²) in [6.45, 7) is -0.416. The Bertz CT molecular complexity index is 1030. The number of hydrogen-bond acceptors (Lipinski definition) is 5. The van der Waals surface area contributed by atoms with Gasteiger partial charge < -0.3 is 20.9 Å². The van der Waals surface area contributed by atoms with E-state index in [1.165, 1.54) is 10.9 Å². The summed E-state index contributed by atoms with van der Waals surface area (Å²) in [5.41, 5.74) is 7.82. The number of carbonyl (C=O) groups is 3. The highest BCUT2D eigenvalue weighted by atomic mass is 16.5. The van der Waals surface area contributed by atoms with Crippen LogP contribution in [-0.4, -0.2) is 39.8 Å². The Balaban J connectivity index is 1.85. The van der Waals surface area contributed by atoms with Gasteiger partial charge in [-0.3, -0.25) is 9.59 Å². The second kappa shape index (κ2) is 8.04. The van der Waals surface area contributed by atoms with Gasteiger partial charge in [-0.1, -0.05) is 24.3 Å². The van der Waals surface area contributed by atoms with Crippen LogP contribution in [0.25, 0.3) is 16.8 Å². The van der Waals surface area contributed by atoms with E-state index in [9.17, 15) is 14.4 Å². The SMILES string of the molecule is NC(=O)c1nn(-c2ccc(-c3cccc(OCC(=O)O)c3)cc2)cc1NC=O. The summed E-state index contributed by atoms with van der Waals surface area (Å²) < 4.78 is 6.62.